The van der Waals surface area contributed by atoms with Gasteiger partial charge in [-0.1, -0.05) is 22.8 Å². The fourth-order valence-electron chi connectivity index (χ4n) is 1.80. The highest BCUT2D eigenvalue weighted by Crippen LogP contribution is 2.21. The largest absolute Gasteiger partial charge is 0.339 e. The van der Waals surface area contributed by atoms with E-state index in [1.54, 1.807) is 6.07 Å². The minimum Gasteiger partial charge on any atom is -0.339 e. The van der Waals surface area contributed by atoms with E-state index < -0.39 is 0 Å². The summed E-state index contributed by atoms with van der Waals surface area (Å²) < 4.78 is 18.1. The van der Waals surface area contributed by atoms with Crippen LogP contribution in [0.2, 0.25) is 5.02 Å². The Morgan fingerprint density at radius 3 is 2.94 bits per heavy atom. The Kier molecular flexibility index (Phi) is 3.01. The molecule has 0 saturated carbocycles. The molecule has 1 saturated heterocycles. The van der Waals surface area contributed by atoms with Crippen LogP contribution in [-0.2, 0) is 6.42 Å². The topological polar surface area (TPSA) is 51.0 Å². The molecule has 0 aliphatic carbocycles. The molecule has 1 aromatic carbocycles. The van der Waals surface area contributed by atoms with Gasteiger partial charge in [0.05, 0.1) is 5.92 Å². The molecule has 2 heterocycles. The zero-order valence-corrected chi connectivity index (χ0v) is 10.2. The van der Waals surface area contributed by atoms with E-state index in [2.05, 4.69) is 15.5 Å². The Morgan fingerprint density at radius 2 is 2.28 bits per heavy atom. The summed E-state index contributed by atoms with van der Waals surface area (Å²) in [4.78, 5) is 4.32. The summed E-state index contributed by atoms with van der Waals surface area (Å²) in [7, 11) is 0. The van der Waals surface area contributed by atoms with E-state index in [0.29, 0.717) is 29.1 Å². The van der Waals surface area contributed by atoms with Crippen molar-refractivity contribution in [1.29, 1.82) is 0 Å². The zero-order chi connectivity index (χ0) is 12.5. The first-order valence-corrected chi connectivity index (χ1v) is 6.07. The molecule has 94 valence electrons. The van der Waals surface area contributed by atoms with Gasteiger partial charge in [0.25, 0.3) is 0 Å². The maximum Gasteiger partial charge on any atom is 0.232 e. The lowest BCUT2D eigenvalue weighted by Gasteiger charge is -2.22. The first kappa shape index (κ1) is 11.6. The van der Waals surface area contributed by atoms with Crippen LogP contribution in [0.15, 0.2) is 22.7 Å². The van der Waals surface area contributed by atoms with E-state index in [0.717, 1.165) is 18.7 Å². The van der Waals surface area contributed by atoms with E-state index in [4.69, 9.17) is 16.1 Å². The van der Waals surface area contributed by atoms with Crippen LogP contribution < -0.4 is 5.32 Å². The monoisotopic (exact) mass is 267 g/mol. The molecule has 0 amide bonds. The molecule has 6 heteroatoms. The molecule has 4 nitrogen and oxygen atoms in total. The van der Waals surface area contributed by atoms with Gasteiger partial charge in [-0.3, -0.25) is 0 Å². The zero-order valence-electron chi connectivity index (χ0n) is 9.49. The van der Waals surface area contributed by atoms with Gasteiger partial charge in [0.15, 0.2) is 5.82 Å². The van der Waals surface area contributed by atoms with Crippen LogP contribution in [0.4, 0.5) is 4.39 Å². The fourth-order valence-corrected chi connectivity index (χ4v) is 2.04. The number of rotatable bonds is 3. The highest BCUT2D eigenvalue weighted by atomic mass is 35.5. The van der Waals surface area contributed by atoms with E-state index in [1.165, 1.54) is 12.1 Å². The summed E-state index contributed by atoms with van der Waals surface area (Å²) in [6.07, 6.45) is 0.447. The van der Waals surface area contributed by atoms with Gasteiger partial charge in [0, 0.05) is 24.5 Å². The Balaban J connectivity index is 1.77. The number of nitrogens with zero attached hydrogens (tertiary/aromatic N) is 2. The molecule has 0 unspecified atom stereocenters. The maximum atomic E-state index is 12.9. The molecule has 3 rings (SSSR count). The third kappa shape index (κ3) is 2.23. The van der Waals surface area contributed by atoms with Gasteiger partial charge in [-0.25, -0.2) is 4.39 Å². The molecule has 0 bridgehead atoms. The molecule has 1 fully saturated rings. The van der Waals surface area contributed by atoms with E-state index >= 15 is 0 Å². The van der Waals surface area contributed by atoms with Crippen molar-refractivity contribution in [3.8, 4) is 0 Å². The van der Waals surface area contributed by atoms with E-state index in [-0.39, 0.29) is 5.82 Å². The number of halogens is 2. The van der Waals surface area contributed by atoms with Crippen molar-refractivity contribution in [2.24, 2.45) is 0 Å². The van der Waals surface area contributed by atoms with E-state index in [9.17, 15) is 4.39 Å². The van der Waals surface area contributed by atoms with Crippen LogP contribution >= 0.6 is 11.6 Å². The fraction of sp³-hybridized carbons (Fsp3) is 0.333. The van der Waals surface area contributed by atoms with Crippen molar-refractivity contribution < 1.29 is 8.91 Å². The van der Waals surface area contributed by atoms with Crippen LogP contribution in [-0.4, -0.2) is 23.2 Å². The molecule has 0 radical (unpaired) electrons. The average Bonchev–Trinajstić information content (AvgIpc) is 2.68. The van der Waals surface area contributed by atoms with Crippen molar-refractivity contribution in [3.05, 3.63) is 46.3 Å². The summed E-state index contributed by atoms with van der Waals surface area (Å²) in [5, 5.41) is 7.44. The second-order valence-electron chi connectivity index (χ2n) is 4.32. The number of nitrogens with one attached hydrogen (secondary N) is 1. The normalized spacial score (nSPS) is 15.7. The summed E-state index contributed by atoms with van der Waals surface area (Å²) in [5.74, 6) is 1.19. The van der Waals surface area contributed by atoms with Gasteiger partial charge in [-0.2, -0.15) is 4.98 Å². The quantitative estimate of drug-likeness (QED) is 0.926. The lowest BCUT2D eigenvalue weighted by atomic mass is 10.0. The predicted molar refractivity (Wildman–Crippen MR) is 64.1 cm³/mol. The second kappa shape index (κ2) is 4.66. The third-order valence-corrected chi connectivity index (χ3v) is 3.33. The summed E-state index contributed by atoms with van der Waals surface area (Å²) in [5.41, 5.74) is 0.789. The van der Waals surface area contributed by atoms with Crippen LogP contribution in [0.5, 0.6) is 0 Å². The predicted octanol–water partition coefficient (Wildman–Crippen LogP) is 2.14. The standard InChI is InChI=1S/C12H11ClFN3O/c13-10-4-9(14)2-1-7(10)3-11-16-12(18-17-11)8-5-15-6-8/h1-2,4,8,15H,3,5-6H2. The number of benzene rings is 1. The number of aromatic nitrogens is 2. The Hall–Kier alpha value is -1.46. The molecule has 1 aliphatic heterocycles. The third-order valence-electron chi connectivity index (χ3n) is 2.98. The van der Waals surface area contributed by atoms with E-state index in [1.807, 2.05) is 0 Å². The van der Waals surface area contributed by atoms with Crippen LogP contribution in [0.25, 0.3) is 0 Å². The van der Waals surface area contributed by atoms with Crippen LogP contribution in [0.3, 0.4) is 0 Å². The minimum atomic E-state index is -0.349. The number of hydrogen-bond donors (Lipinski definition) is 1. The first-order valence-electron chi connectivity index (χ1n) is 5.69. The molecule has 0 spiro atoms. The van der Waals surface area contributed by atoms with Crippen LogP contribution in [0, 0.1) is 5.82 Å². The Bertz CT molecular complexity index is 568. The smallest absolute Gasteiger partial charge is 0.232 e. The molecule has 1 aromatic heterocycles. The average molecular weight is 268 g/mol. The molecular weight excluding hydrogens is 257 g/mol. The number of hydrogen-bond acceptors (Lipinski definition) is 4. The molecule has 0 atom stereocenters. The van der Waals surface area contributed by atoms with Gasteiger partial charge in [-0.05, 0) is 17.7 Å². The molecule has 2 aromatic rings. The first-order chi connectivity index (χ1) is 8.72. The SMILES string of the molecule is Fc1ccc(Cc2noc(C3CNC3)n2)c(Cl)c1. The second-order valence-corrected chi connectivity index (χ2v) is 4.72. The lowest BCUT2D eigenvalue weighted by molar-refractivity contribution is 0.306. The van der Waals surface area contributed by atoms with Gasteiger partial charge < -0.3 is 9.84 Å². The highest BCUT2D eigenvalue weighted by molar-refractivity contribution is 6.31. The van der Waals surface area contributed by atoms with Gasteiger partial charge >= 0.3 is 0 Å². The van der Waals surface area contributed by atoms with Gasteiger partial charge in [-0.15, -0.1) is 0 Å². The molecule has 1 aliphatic rings. The molecular formula is C12H11ClFN3O. The van der Waals surface area contributed by atoms with Crippen molar-refractivity contribution in [3.63, 3.8) is 0 Å². The van der Waals surface area contributed by atoms with Gasteiger partial charge in [0.1, 0.15) is 5.82 Å². The summed E-state index contributed by atoms with van der Waals surface area (Å²) >= 11 is 5.95. The van der Waals surface area contributed by atoms with Gasteiger partial charge in [0.2, 0.25) is 5.89 Å². The molecule has 18 heavy (non-hydrogen) atoms. The maximum absolute atomic E-state index is 12.9. The highest BCUT2D eigenvalue weighted by Gasteiger charge is 2.25. The Labute approximate surface area is 108 Å². The van der Waals surface area contributed by atoms with Crippen molar-refractivity contribution in [2.45, 2.75) is 12.3 Å². The van der Waals surface area contributed by atoms with Crippen molar-refractivity contribution in [2.75, 3.05) is 13.1 Å². The van der Waals surface area contributed by atoms with Crippen molar-refractivity contribution in [1.82, 2.24) is 15.5 Å². The minimum absolute atomic E-state index is 0.315. The molecule has 1 N–H and O–H groups in total. The summed E-state index contributed by atoms with van der Waals surface area (Å²) in [6, 6.07) is 4.30. The summed E-state index contributed by atoms with van der Waals surface area (Å²) in [6.45, 7) is 1.75. The lowest BCUT2D eigenvalue weighted by Crippen LogP contribution is -2.40. The van der Waals surface area contributed by atoms with Crippen LogP contribution in [0.1, 0.15) is 23.2 Å². The Morgan fingerprint density at radius 1 is 1.44 bits per heavy atom. The van der Waals surface area contributed by atoms with Crippen molar-refractivity contribution >= 4 is 11.6 Å².